The number of nitrogens with two attached hydrogens (primary N) is 1. The average molecular weight is 229 g/mol. The fourth-order valence-electron chi connectivity index (χ4n) is 1.86. The molecule has 2 rings (SSSR count). The first-order valence-corrected chi connectivity index (χ1v) is 5.29. The van der Waals surface area contributed by atoms with Crippen LogP contribution in [0, 0.1) is 11.3 Å². The van der Waals surface area contributed by atoms with Gasteiger partial charge < -0.3 is 5.73 Å². The Labute approximate surface area is 98.4 Å². The Morgan fingerprint density at radius 1 is 1.24 bits per heavy atom. The quantitative estimate of drug-likeness (QED) is 0.578. The predicted octanol–water partition coefficient (Wildman–Crippen LogP) is 1.18. The monoisotopic (exact) mass is 229 g/mol. The highest BCUT2D eigenvalue weighted by Gasteiger charge is 2.28. The fourth-order valence-corrected chi connectivity index (χ4v) is 1.86. The van der Waals surface area contributed by atoms with Gasteiger partial charge in [-0.05, 0) is 24.6 Å². The molecule has 1 aromatic carbocycles. The summed E-state index contributed by atoms with van der Waals surface area (Å²) in [6.45, 7) is 0. The number of benzene rings is 1. The van der Waals surface area contributed by atoms with Crippen molar-refractivity contribution in [3.8, 4) is 6.07 Å². The lowest BCUT2D eigenvalue weighted by Gasteiger charge is -2.25. The van der Waals surface area contributed by atoms with E-state index >= 15 is 0 Å². The van der Waals surface area contributed by atoms with E-state index in [2.05, 4.69) is 0 Å². The van der Waals surface area contributed by atoms with Crippen LogP contribution >= 0.6 is 0 Å². The smallest absolute Gasteiger partial charge is 0.233 e. The van der Waals surface area contributed by atoms with Gasteiger partial charge in [0.15, 0.2) is 0 Å². The number of piperidine rings is 1. The van der Waals surface area contributed by atoms with Crippen LogP contribution < -0.4 is 10.6 Å². The van der Waals surface area contributed by atoms with Gasteiger partial charge in [0, 0.05) is 18.5 Å². The zero-order chi connectivity index (χ0) is 12.4. The Morgan fingerprint density at radius 3 is 2.47 bits per heavy atom. The Kier molecular flexibility index (Phi) is 2.79. The average Bonchev–Trinajstić information content (AvgIpc) is 2.30. The van der Waals surface area contributed by atoms with E-state index in [4.69, 9.17) is 11.0 Å². The Balaban J connectivity index is 2.49. The van der Waals surface area contributed by atoms with Crippen LogP contribution in [0.3, 0.4) is 0 Å². The molecule has 1 fully saturated rings. The van der Waals surface area contributed by atoms with Crippen molar-refractivity contribution in [3.63, 3.8) is 0 Å². The molecular formula is C12H11N3O2. The van der Waals surface area contributed by atoms with E-state index in [0.29, 0.717) is 30.6 Å². The highest BCUT2D eigenvalue weighted by Crippen LogP contribution is 2.26. The van der Waals surface area contributed by atoms with E-state index in [9.17, 15) is 9.59 Å². The first-order valence-electron chi connectivity index (χ1n) is 5.29. The molecule has 0 saturated carbocycles. The summed E-state index contributed by atoms with van der Waals surface area (Å²) in [7, 11) is 0. The minimum absolute atomic E-state index is 0.244. The lowest BCUT2D eigenvalue weighted by molar-refractivity contribution is -0.129. The molecule has 0 bridgehead atoms. The molecule has 0 aromatic heterocycles. The number of amides is 2. The molecule has 5 heteroatoms. The molecule has 0 spiro atoms. The first kappa shape index (κ1) is 11.1. The third-order valence-electron chi connectivity index (χ3n) is 2.66. The van der Waals surface area contributed by atoms with Gasteiger partial charge in [0.1, 0.15) is 6.07 Å². The minimum Gasteiger partial charge on any atom is -0.399 e. The summed E-state index contributed by atoms with van der Waals surface area (Å²) in [5, 5.41) is 8.99. The SMILES string of the molecule is N#Cc1cc(N)ccc1N1C(=O)CCCC1=O. The molecule has 1 aliphatic heterocycles. The van der Waals surface area contributed by atoms with Gasteiger partial charge in [0.05, 0.1) is 11.3 Å². The second-order valence-corrected chi connectivity index (χ2v) is 3.86. The summed E-state index contributed by atoms with van der Waals surface area (Å²) in [4.78, 5) is 24.5. The van der Waals surface area contributed by atoms with E-state index in [0.717, 1.165) is 4.90 Å². The van der Waals surface area contributed by atoms with Gasteiger partial charge in [0.2, 0.25) is 11.8 Å². The molecule has 86 valence electrons. The molecule has 1 saturated heterocycles. The van der Waals surface area contributed by atoms with Crippen molar-refractivity contribution < 1.29 is 9.59 Å². The van der Waals surface area contributed by atoms with Gasteiger partial charge in [-0.3, -0.25) is 9.59 Å². The fraction of sp³-hybridized carbons (Fsp3) is 0.250. The number of carbonyl (C=O) groups excluding carboxylic acids is 2. The van der Waals surface area contributed by atoms with E-state index in [1.807, 2.05) is 6.07 Å². The highest BCUT2D eigenvalue weighted by molar-refractivity contribution is 6.17. The molecule has 0 aliphatic carbocycles. The summed E-state index contributed by atoms with van der Waals surface area (Å²) < 4.78 is 0. The van der Waals surface area contributed by atoms with Crippen LogP contribution in [-0.4, -0.2) is 11.8 Å². The number of hydrogen-bond acceptors (Lipinski definition) is 4. The van der Waals surface area contributed by atoms with Crippen LogP contribution in [0.15, 0.2) is 18.2 Å². The van der Waals surface area contributed by atoms with Gasteiger partial charge >= 0.3 is 0 Å². The number of nitriles is 1. The van der Waals surface area contributed by atoms with E-state index < -0.39 is 0 Å². The molecular weight excluding hydrogens is 218 g/mol. The highest BCUT2D eigenvalue weighted by atomic mass is 16.2. The zero-order valence-electron chi connectivity index (χ0n) is 9.14. The number of imide groups is 1. The Hall–Kier alpha value is -2.35. The lowest BCUT2D eigenvalue weighted by atomic mass is 10.1. The van der Waals surface area contributed by atoms with Crippen LogP contribution in [0.25, 0.3) is 0 Å². The molecule has 1 heterocycles. The Morgan fingerprint density at radius 2 is 1.88 bits per heavy atom. The lowest BCUT2D eigenvalue weighted by Crippen LogP contribution is -2.40. The van der Waals surface area contributed by atoms with Crippen LogP contribution in [0.5, 0.6) is 0 Å². The number of anilines is 2. The van der Waals surface area contributed by atoms with Crippen molar-refractivity contribution in [1.29, 1.82) is 5.26 Å². The molecule has 2 amide bonds. The van der Waals surface area contributed by atoms with E-state index in [1.165, 1.54) is 12.1 Å². The molecule has 5 nitrogen and oxygen atoms in total. The van der Waals surface area contributed by atoms with Crippen molar-refractivity contribution in [2.24, 2.45) is 0 Å². The summed E-state index contributed by atoms with van der Waals surface area (Å²) in [5.41, 5.74) is 6.57. The van der Waals surface area contributed by atoms with Gasteiger partial charge in [0.25, 0.3) is 0 Å². The van der Waals surface area contributed by atoms with E-state index in [-0.39, 0.29) is 17.4 Å². The van der Waals surface area contributed by atoms with Crippen molar-refractivity contribution in [2.75, 3.05) is 10.6 Å². The number of carbonyl (C=O) groups is 2. The van der Waals surface area contributed by atoms with Crippen molar-refractivity contribution in [1.82, 2.24) is 0 Å². The summed E-state index contributed by atoms with van der Waals surface area (Å²) in [6, 6.07) is 6.52. The molecule has 0 atom stereocenters. The number of nitrogens with zero attached hydrogens (tertiary/aromatic N) is 2. The summed E-state index contributed by atoms with van der Waals surface area (Å²) >= 11 is 0. The maximum absolute atomic E-state index is 11.7. The number of rotatable bonds is 1. The number of hydrogen-bond donors (Lipinski definition) is 1. The summed E-state index contributed by atoms with van der Waals surface area (Å²) in [5.74, 6) is -0.523. The molecule has 2 N–H and O–H groups in total. The van der Waals surface area contributed by atoms with E-state index in [1.54, 1.807) is 6.07 Å². The third-order valence-corrected chi connectivity index (χ3v) is 2.66. The largest absolute Gasteiger partial charge is 0.399 e. The Bertz CT molecular complexity index is 515. The van der Waals surface area contributed by atoms with Crippen molar-refractivity contribution in [3.05, 3.63) is 23.8 Å². The van der Waals surface area contributed by atoms with Gasteiger partial charge in [-0.15, -0.1) is 0 Å². The number of nitrogen functional groups attached to an aromatic ring is 1. The second kappa shape index (κ2) is 4.26. The molecule has 1 aromatic rings. The molecule has 17 heavy (non-hydrogen) atoms. The third kappa shape index (κ3) is 1.97. The first-order chi connectivity index (χ1) is 8.13. The molecule has 1 aliphatic rings. The van der Waals surface area contributed by atoms with Crippen molar-refractivity contribution in [2.45, 2.75) is 19.3 Å². The topological polar surface area (TPSA) is 87.2 Å². The van der Waals surface area contributed by atoms with Crippen LogP contribution in [0.4, 0.5) is 11.4 Å². The minimum atomic E-state index is -0.262. The maximum Gasteiger partial charge on any atom is 0.233 e. The summed E-state index contributed by atoms with van der Waals surface area (Å²) in [6.07, 6.45) is 1.24. The van der Waals surface area contributed by atoms with Crippen LogP contribution in [0.1, 0.15) is 24.8 Å². The van der Waals surface area contributed by atoms with Crippen LogP contribution in [-0.2, 0) is 9.59 Å². The van der Waals surface area contributed by atoms with Crippen LogP contribution in [0.2, 0.25) is 0 Å². The standard InChI is InChI=1S/C12H11N3O2/c13-7-8-6-9(14)4-5-10(8)15-11(16)2-1-3-12(15)17/h4-6H,1-3,14H2. The molecule has 0 unspecified atom stereocenters. The van der Waals surface area contributed by atoms with Crippen molar-refractivity contribution >= 4 is 23.2 Å². The van der Waals surface area contributed by atoms with Gasteiger partial charge in [-0.2, -0.15) is 5.26 Å². The predicted molar refractivity (Wildman–Crippen MR) is 61.9 cm³/mol. The zero-order valence-corrected chi connectivity index (χ0v) is 9.14. The second-order valence-electron chi connectivity index (χ2n) is 3.86. The molecule has 0 radical (unpaired) electrons. The van der Waals surface area contributed by atoms with Gasteiger partial charge in [-0.25, -0.2) is 4.90 Å². The maximum atomic E-state index is 11.7. The van der Waals surface area contributed by atoms with Gasteiger partial charge in [-0.1, -0.05) is 0 Å². The normalized spacial score (nSPS) is 15.8.